The Labute approximate surface area is 154 Å². The number of nitrogens with zero attached hydrogens (tertiary/aromatic N) is 1. The molecule has 1 N–H and O–H groups in total. The first-order valence-electron chi connectivity index (χ1n) is 7.24. The number of benzene rings is 2. The van der Waals surface area contributed by atoms with Crippen LogP contribution in [0, 0.1) is 0 Å². The van der Waals surface area contributed by atoms with Crippen LogP contribution in [0.3, 0.4) is 0 Å². The van der Waals surface area contributed by atoms with E-state index in [1.54, 1.807) is 0 Å². The number of halogens is 2. The summed E-state index contributed by atoms with van der Waals surface area (Å²) in [5.74, 6) is -0.611. The molecule has 24 heavy (non-hydrogen) atoms. The zero-order chi connectivity index (χ0) is 16.8. The van der Waals surface area contributed by atoms with E-state index in [1.165, 1.54) is 0 Å². The maximum atomic E-state index is 12.5. The SMILES string of the molecule is O=C1N=C(c2ccc(Br)cc2)C2=C1C(c1ccc(Br)cc1)NC2=O. The number of nitrogens with one attached hydrogen (secondary N) is 1. The van der Waals surface area contributed by atoms with Crippen molar-refractivity contribution in [1.29, 1.82) is 0 Å². The third-order valence-corrected chi connectivity index (χ3v) is 5.12. The Morgan fingerprint density at radius 3 is 2.08 bits per heavy atom. The molecular formula is C18H10Br2N2O2. The number of carbonyl (C=O) groups excluding carboxylic acids is 2. The number of aliphatic imine (C=N–C) groups is 1. The molecule has 0 saturated heterocycles. The van der Waals surface area contributed by atoms with Crippen LogP contribution in [0.15, 0.2) is 73.6 Å². The molecule has 0 radical (unpaired) electrons. The first-order chi connectivity index (χ1) is 11.5. The number of carbonyl (C=O) groups is 2. The van der Waals surface area contributed by atoms with Crippen molar-refractivity contribution in [2.45, 2.75) is 6.04 Å². The van der Waals surface area contributed by atoms with Crippen molar-refractivity contribution in [2.75, 3.05) is 0 Å². The molecule has 2 aromatic carbocycles. The van der Waals surface area contributed by atoms with E-state index in [4.69, 9.17) is 0 Å². The highest BCUT2D eigenvalue weighted by molar-refractivity contribution is 9.10. The summed E-state index contributed by atoms with van der Waals surface area (Å²) in [6, 6.07) is 14.5. The fourth-order valence-corrected chi connectivity index (χ4v) is 3.48. The maximum absolute atomic E-state index is 12.5. The van der Waals surface area contributed by atoms with Gasteiger partial charge < -0.3 is 5.32 Å². The maximum Gasteiger partial charge on any atom is 0.276 e. The molecule has 1 unspecified atom stereocenters. The van der Waals surface area contributed by atoms with Crippen LogP contribution in [-0.4, -0.2) is 17.5 Å². The normalized spacial score (nSPS) is 19.4. The molecule has 2 aliphatic heterocycles. The summed E-state index contributed by atoms with van der Waals surface area (Å²) in [5.41, 5.74) is 2.87. The number of hydrogen-bond acceptors (Lipinski definition) is 2. The standard InChI is InChI=1S/C18H10Br2N2O2/c19-11-5-1-9(2-6-11)15-13-14(18(24)21-15)16(22-17(13)23)10-3-7-12(20)8-4-10/h1-8,15H,(H,21,24). The largest absolute Gasteiger partial charge is 0.341 e. The molecule has 0 fully saturated rings. The van der Waals surface area contributed by atoms with Crippen molar-refractivity contribution in [3.8, 4) is 0 Å². The van der Waals surface area contributed by atoms with Gasteiger partial charge in [0.05, 0.1) is 22.9 Å². The Morgan fingerprint density at radius 1 is 0.875 bits per heavy atom. The molecule has 0 spiro atoms. The molecule has 4 nitrogen and oxygen atoms in total. The van der Waals surface area contributed by atoms with E-state index in [0.717, 1.165) is 20.1 Å². The van der Waals surface area contributed by atoms with Gasteiger partial charge in [-0.2, -0.15) is 0 Å². The summed E-state index contributed by atoms with van der Waals surface area (Å²) in [6.45, 7) is 0. The van der Waals surface area contributed by atoms with Crippen LogP contribution in [0.1, 0.15) is 17.2 Å². The average molecular weight is 446 g/mol. The predicted octanol–water partition coefficient (Wildman–Crippen LogP) is 3.71. The van der Waals surface area contributed by atoms with E-state index < -0.39 is 6.04 Å². The second-order valence-electron chi connectivity index (χ2n) is 5.52. The first-order valence-corrected chi connectivity index (χ1v) is 8.83. The van der Waals surface area contributed by atoms with Gasteiger partial charge in [0.1, 0.15) is 0 Å². The molecule has 0 aromatic heterocycles. The van der Waals surface area contributed by atoms with Gasteiger partial charge in [0.2, 0.25) is 0 Å². The summed E-state index contributed by atoms with van der Waals surface area (Å²) < 4.78 is 1.86. The monoisotopic (exact) mass is 444 g/mol. The van der Waals surface area contributed by atoms with Crippen molar-refractivity contribution in [3.63, 3.8) is 0 Å². The molecule has 2 amide bonds. The Morgan fingerprint density at radius 2 is 1.46 bits per heavy atom. The van der Waals surface area contributed by atoms with E-state index in [0.29, 0.717) is 16.9 Å². The summed E-state index contributed by atoms with van der Waals surface area (Å²) >= 11 is 6.77. The molecule has 0 saturated carbocycles. The van der Waals surface area contributed by atoms with Crippen LogP contribution in [0.5, 0.6) is 0 Å². The Kier molecular flexibility index (Phi) is 3.73. The Bertz CT molecular complexity index is 928. The smallest absolute Gasteiger partial charge is 0.276 e. The van der Waals surface area contributed by atoms with Gasteiger partial charge in [-0.05, 0) is 29.8 Å². The van der Waals surface area contributed by atoms with Crippen molar-refractivity contribution in [1.82, 2.24) is 5.32 Å². The van der Waals surface area contributed by atoms with Crippen LogP contribution in [0.4, 0.5) is 0 Å². The second-order valence-corrected chi connectivity index (χ2v) is 7.35. The highest BCUT2D eigenvalue weighted by Crippen LogP contribution is 2.37. The van der Waals surface area contributed by atoms with Crippen molar-refractivity contribution >= 4 is 49.4 Å². The Hall–Kier alpha value is -2.05. The fourth-order valence-electron chi connectivity index (χ4n) is 2.95. The summed E-state index contributed by atoms with van der Waals surface area (Å²) in [7, 11) is 0. The average Bonchev–Trinajstić information content (AvgIpc) is 3.08. The molecular weight excluding hydrogens is 436 g/mol. The van der Waals surface area contributed by atoms with Crippen LogP contribution in [-0.2, 0) is 9.59 Å². The molecule has 2 aliphatic rings. The topological polar surface area (TPSA) is 58.5 Å². The lowest BCUT2D eigenvalue weighted by Gasteiger charge is -2.13. The number of rotatable bonds is 2. The van der Waals surface area contributed by atoms with Crippen LogP contribution < -0.4 is 5.32 Å². The zero-order valence-electron chi connectivity index (χ0n) is 12.2. The van der Waals surface area contributed by atoms with E-state index in [2.05, 4.69) is 42.2 Å². The molecule has 0 bridgehead atoms. The lowest BCUT2D eigenvalue weighted by atomic mass is 9.96. The fraction of sp³-hybridized carbons (Fsp3) is 0.0556. The van der Waals surface area contributed by atoms with Gasteiger partial charge in [-0.25, -0.2) is 4.99 Å². The third-order valence-electron chi connectivity index (χ3n) is 4.06. The number of amides is 2. The second kappa shape index (κ2) is 5.79. The van der Waals surface area contributed by atoms with Gasteiger partial charge in [-0.3, -0.25) is 9.59 Å². The van der Waals surface area contributed by atoms with E-state index in [-0.39, 0.29) is 11.8 Å². The predicted molar refractivity (Wildman–Crippen MR) is 97.7 cm³/mol. The van der Waals surface area contributed by atoms with Crippen molar-refractivity contribution in [3.05, 3.63) is 79.7 Å². The molecule has 118 valence electrons. The van der Waals surface area contributed by atoms with Crippen LogP contribution in [0.2, 0.25) is 0 Å². The molecule has 1 atom stereocenters. The minimum atomic E-state index is -0.454. The molecule has 0 aliphatic carbocycles. The molecule has 2 heterocycles. The van der Waals surface area contributed by atoms with E-state index in [1.807, 2.05) is 48.5 Å². The van der Waals surface area contributed by atoms with E-state index in [9.17, 15) is 9.59 Å². The van der Waals surface area contributed by atoms with Gasteiger partial charge in [0.25, 0.3) is 11.8 Å². The lowest BCUT2D eigenvalue weighted by molar-refractivity contribution is -0.116. The van der Waals surface area contributed by atoms with E-state index >= 15 is 0 Å². The number of hydrogen-bond donors (Lipinski definition) is 1. The summed E-state index contributed by atoms with van der Waals surface area (Å²) in [5, 5.41) is 2.89. The molecule has 2 aromatic rings. The highest BCUT2D eigenvalue weighted by atomic mass is 79.9. The van der Waals surface area contributed by atoms with Gasteiger partial charge in [0.15, 0.2) is 0 Å². The molecule has 4 rings (SSSR count). The van der Waals surface area contributed by atoms with Gasteiger partial charge in [-0.1, -0.05) is 56.1 Å². The third kappa shape index (κ3) is 2.46. The van der Waals surface area contributed by atoms with Crippen LogP contribution in [0.25, 0.3) is 0 Å². The van der Waals surface area contributed by atoms with Gasteiger partial charge >= 0.3 is 0 Å². The highest BCUT2D eigenvalue weighted by Gasteiger charge is 2.43. The molecule has 6 heteroatoms. The zero-order valence-corrected chi connectivity index (χ0v) is 15.4. The van der Waals surface area contributed by atoms with Crippen molar-refractivity contribution < 1.29 is 9.59 Å². The summed E-state index contributed by atoms with van der Waals surface area (Å²) in [6.07, 6.45) is 0. The first kappa shape index (κ1) is 15.5. The Balaban J connectivity index is 1.79. The van der Waals surface area contributed by atoms with Gasteiger partial charge in [-0.15, -0.1) is 0 Å². The minimum Gasteiger partial charge on any atom is -0.341 e. The minimum absolute atomic E-state index is 0.259. The van der Waals surface area contributed by atoms with Gasteiger partial charge in [0, 0.05) is 14.5 Å². The quantitative estimate of drug-likeness (QED) is 0.765. The lowest BCUT2D eigenvalue weighted by Crippen LogP contribution is -2.26. The van der Waals surface area contributed by atoms with Crippen molar-refractivity contribution in [2.24, 2.45) is 4.99 Å². The van der Waals surface area contributed by atoms with Crippen LogP contribution >= 0.6 is 31.9 Å². The summed E-state index contributed by atoms with van der Waals surface area (Å²) in [4.78, 5) is 29.1.